The number of carbonyl (C=O) groups excluding carboxylic acids is 2. The van der Waals surface area contributed by atoms with E-state index >= 15 is 0 Å². The SMILES string of the molecule is CC(C(=O)O)C(=O)N1CCCC1C(=O)N1CCN(c2cc(N3CCCC3)nc(N3CCCC3)n2)CC1. The molecule has 2 atom stereocenters. The molecule has 2 amide bonds. The Bertz CT molecular complexity index is 950. The first-order valence-electron chi connectivity index (χ1n) is 13.4. The molecule has 0 spiro atoms. The van der Waals surface area contributed by atoms with Crippen LogP contribution in [0.5, 0.6) is 0 Å². The van der Waals surface area contributed by atoms with Crippen LogP contribution in [0.1, 0.15) is 45.4 Å². The van der Waals surface area contributed by atoms with Crippen LogP contribution >= 0.6 is 0 Å². The Morgan fingerprint density at radius 3 is 1.94 bits per heavy atom. The van der Waals surface area contributed by atoms with Crippen LogP contribution in [-0.2, 0) is 14.4 Å². The largest absolute Gasteiger partial charge is 0.481 e. The third kappa shape index (κ3) is 4.92. The molecule has 4 fully saturated rings. The molecule has 11 heteroatoms. The number of aliphatic carboxylic acids is 1. The summed E-state index contributed by atoms with van der Waals surface area (Å²) in [6.45, 7) is 8.27. The highest BCUT2D eigenvalue weighted by atomic mass is 16.4. The van der Waals surface area contributed by atoms with Gasteiger partial charge < -0.3 is 29.6 Å². The Hall–Kier alpha value is -3.11. The maximum atomic E-state index is 13.3. The smallest absolute Gasteiger partial charge is 0.315 e. The molecule has 5 rings (SSSR count). The standard InChI is InChI=1S/C25H37N7O4/c1-18(24(35)36)22(33)32-12-6-7-19(32)23(34)30-15-13-29(14-16-30)21-17-20(28-8-2-3-9-28)26-25(27-21)31-10-4-5-11-31/h17-19H,2-16H2,1H3,(H,35,36). The van der Waals surface area contributed by atoms with Gasteiger partial charge in [0.15, 0.2) is 0 Å². The van der Waals surface area contributed by atoms with E-state index in [0.717, 1.165) is 43.8 Å². The third-order valence-corrected chi connectivity index (χ3v) is 7.98. The topological polar surface area (TPSA) is 113 Å². The molecule has 0 saturated carbocycles. The van der Waals surface area contributed by atoms with E-state index in [-0.39, 0.29) is 5.91 Å². The van der Waals surface area contributed by atoms with E-state index in [0.29, 0.717) is 45.6 Å². The molecule has 4 saturated heterocycles. The van der Waals surface area contributed by atoms with Gasteiger partial charge in [-0.2, -0.15) is 9.97 Å². The number of carboxylic acids is 1. The van der Waals surface area contributed by atoms with Crippen molar-refractivity contribution in [2.24, 2.45) is 5.92 Å². The molecular formula is C25H37N7O4. The summed E-state index contributed by atoms with van der Waals surface area (Å²) in [7, 11) is 0. The number of carbonyl (C=O) groups is 3. The van der Waals surface area contributed by atoms with Gasteiger partial charge >= 0.3 is 5.97 Å². The highest BCUT2D eigenvalue weighted by Crippen LogP contribution is 2.28. The zero-order chi connectivity index (χ0) is 25.2. The van der Waals surface area contributed by atoms with Crippen LogP contribution in [0.4, 0.5) is 17.6 Å². The van der Waals surface area contributed by atoms with Crippen LogP contribution < -0.4 is 14.7 Å². The lowest BCUT2D eigenvalue weighted by atomic mass is 10.1. The maximum Gasteiger partial charge on any atom is 0.315 e. The van der Waals surface area contributed by atoms with E-state index < -0.39 is 23.8 Å². The summed E-state index contributed by atoms with van der Waals surface area (Å²) in [5.74, 6) is -0.128. The van der Waals surface area contributed by atoms with E-state index in [1.807, 2.05) is 4.90 Å². The Labute approximate surface area is 212 Å². The van der Waals surface area contributed by atoms with Gasteiger partial charge in [0, 0.05) is 65.0 Å². The molecule has 0 aliphatic carbocycles. The quantitative estimate of drug-likeness (QED) is 0.574. The van der Waals surface area contributed by atoms with Crippen molar-refractivity contribution in [1.29, 1.82) is 0 Å². The van der Waals surface area contributed by atoms with Crippen molar-refractivity contribution in [2.45, 2.75) is 51.5 Å². The molecule has 11 nitrogen and oxygen atoms in total. The van der Waals surface area contributed by atoms with Crippen molar-refractivity contribution >= 4 is 35.4 Å². The van der Waals surface area contributed by atoms with Crippen LogP contribution in [0.15, 0.2) is 6.07 Å². The van der Waals surface area contributed by atoms with Crippen molar-refractivity contribution in [3.63, 3.8) is 0 Å². The second kappa shape index (κ2) is 10.5. The Morgan fingerprint density at radius 1 is 0.806 bits per heavy atom. The molecular weight excluding hydrogens is 462 g/mol. The summed E-state index contributed by atoms with van der Waals surface area (Å²) in [6.07, 6.45) is 6.00. The summed E-state index contributed by atoms with van der Waals surface area (Å²) < 4.78 is 0. The normalized spacial score (nSPS) is 23.5. The number of hydrogen-bond donors (Lipinski definition) is 1. The molecule has 0 aromatic carbocycles. The summed E-state index contributed by atoms with van der Waals surface area (Å²) in [4.78, 5) is 57.3. The monoisotopic (exact) mass is 499 g/mol. The second-order valence-corrected chi connectivity index (χ2v) is 10.3. The summed E-state index contributed by atoms with van der Waals surface area (Å²) in [6, 6.07) is 1.53. The number of amides is 2. The highest BCUT2D eigenvalue weighted by molar-refractivity contribution is 5.99. The predicted octanol–water partition coefficient (Wildman–Crippen LogP) is 1.04. The van der Waals surface area contributed by atoms with Crippen LogP contribution in [0.3, 0.4) is 0 Å². The first kappa shape index (κ1) is 24.6. The molecule has 36 heavy (non-hydrogen) atoms. The minimum Gasteiger partial charge on any atom is -0.481 e. The number of hydrogen-bond acceptors (Lipinski definition) is 8. The second-order valence-electron chi connectivity index (χ2n) is 10.3. The highest BCUT2D eigenvalue weighted by Gasteiger charge is 2.40. The van der Waals surface area contributed by atoms with E-state index in [2.05, 4.69) is 20.8 Å². The number of likely N-dealkylation sites (tertiary alicyclic amines) is 1. The summed E-state index contributed by atoms with van der Waals surface area (Å²) in [5, 5.41) is 9.24. The van der Waals surface area contributed by atoms with Gasteiger partial charge in [0.1, 0.15) is 23.6 Å². The molecule has 196 valence electrons. The van der Waals surface area contributed by atoms with Gasteiger partial charge in [0.05, 0.1) is 0 Å². The molecule has 1 aromatic rings. The number of nitrogens with zero attached hydrogens (tertiary/aromatic N) is 7. The lowest BCUT2D eigenvalue weighted by Gasteiger charge is -2.38. The molecule has 1 N–H and O–H groups in total. The van der Waals surface area contributed by atoms with Gasteiger partial charge in [-0.15, -0.1) is 0 Å². The zero-order valence-electron chi connectivity index (χ0n) is 21.1. The minimum absolute atomic E-state index is 0.0729. The number of piperazine rings is 1. The van der Waals surface area contributed by atoms with Gasteiger partial charge in [-0.25, -0.2) is 0 Å². The Kier molecular flexibility index (Phi) is 7.15. The average Bonchev–Trinajstić information content (AvgIpc) is 3.70. The first-order valence-corrected chi connectivity index (χ1v) is 13.4. The van der Waals surface area contributed by atoms with Gasteiger partial charge in [-0.1, -0.05) is 0 Å². The van der Waals surface area contributed by atoms with Crippen molar-refractivity contribution < 1.29 is 19.5 Å². The fraction of sp³-hybridized carbons (Fsp3) is 0.720. The third-order valence-electron chi connectivity index (χ3n) is 7.98. The van der Waals surface area contributed by atoms with Gasteiger partial charge in [0.25, 0.3) is 0 Å². The van der Waals surface area contributed by atoms with Crippen molar-refractivity contribution in [2.75, 3.05) is 73.6 Å². The Morgan fingerprint density at radius 2 is 1.36 bits per heavy atom. The molecule has 0 bridgehead atoms. The van der Waals surface area contributed by atoms with Crippen LogP contribution in [0, 0.1) is 5.92 Å². The van der Waals surface area contributed by atoms with E-state index in [4.69, 9.17) is 9.97 Å². The number of anilines is 3. The molecule has 1 aromatic heterocycles. The van der Waals surface area contributed by atoms with Crippen molar-refractivity contribution in [3.8, 4) is 0 Å². The van der Waals surface area contributed by atoms with Crippen LogP contribution in [-0.4, -0.2) is 108 Å². The fourth-order valence-electron chi connectivity index (χ4n) is 5.75. The van der Waals surface area contributed by atoms with Gasteiger partial charge in [-0.05, 0) is 45.4 Å². The molecule has 4 aliphatic rings. The van der Waals surface area contributed by atoms with Gasteiger partial charge in [-0.3, -0.25) is 14.4 Å². The van der Waals surface area contributed by atoms with E-state index in [1.54, 1.807) is 0 Å². The number of carboxylic acid groups (broad SMARTS) is 1. The Balaban J connectivity index is 1.26. The maximum absolute atomic E-state index is 13.3. The van der Waals surface area contributed by atoms with Crippen molar-refractivity contribution in [3.05, 3.63) is 6.07 Å². The van der Waals surface area contributed by atoms with Crippen molar-refractivity contribution in [1.82, 2.24) is 19.8 Å². The molecule has 4 aliphatic heterocycles. The summed E-state index contributed by atoms with van der Waals surface area (Å²) >= 11 is 0. The predicted molar refractivity (Wildman–Crippen MR) is 135 cm³/mol. The first-order chi connectivity index (χ1) is 17.4. The zero-order valence-corrected chi connectivity index (χ0v) is 21.1. The fourth-order valence-corrected chi connectivity index (χ4v) is 5.75. The van der Waals surface area contributed by atoms with E-state index in [1.165, 1.54) is 37.5 Å². The van der Waals surface area contributed by atoms with E-state index in [9.17, 15) is 19.5 Å². The lowest BCUT2D eigenvalue weighted by molar-refractivity contribution is -0.154. The summed E-state index contributed by atoms with van der Waals surface area (Å²) in [5.41, 5.74) is 0. The lowest BCUT2D eigenvalue weighted by Crippen LogP contribution is -2.55. The number of aromatic nitrogens is 2. The molecule has 5 heterocycles. The van der Waals surface area contributed by atoms with Crippen LogP contribution in [0.2, 0.25) is 0 Å². The molecule has 0 radical (unpaired) electrons. The minimum atomic E-state index is -1.15. The number of rotatable bonds is 6. The van der Waals surface area contributed by atoms with Crippen LogP contribution in [0.25, 0.3) is 0 Å². The average molecular weight is 500 g/mol. The molecule has 2 unspecified atom stereocenters. The van der Waals surface area contributed by atoms with Gasteiger partial charge in [0.2, 0.25) is 17.8 Å².